The lowest BCUT2D eigenvalue weighted by Crippen LogP contribution is -2.54. The van der Waals surface area contributed by atoms with Gasteiger partial charge in [-0.05, 0) is 24.8 Å². The summed E-state index contributed by atoms with van der Waals surface area (Å²) in [6, 6.07) is 20.8. The lowest BCUT2D eigenvalue weighted by molar-refractivity contribution is -0.0920. The van der Waals surface area contributed by atoms with Gasteiger partial charge in [-0.1, -0.05) is 73.5 Å². The Morgan fingerprint density at radius 3 is 2.58 bits per heavy atom. The number of benzene rings is 2. The number of carbonyl (C=O) groups excluding carboxylic acids is 1. The summed E-state index contributed by atoms with van der Waals surface area (Å²) in [5, 5.41) is 3.48. The number of hydrogen-bond donors (Lipinski definition) is 1. The van der Waals surface area contributed by atoms with Crippen molar-refractivity contribution in [2.24, 2.45) is 0 Å². The molecule has 2 heterocycles. The minimum Gasteiger partial charge on any atom is -0.385 e. The van der Waals surface area contributed by atoms with Crippen LogP contribution in [0.15, 0.2) is 67.0 Å². The Kier molecular flexibility index (Phi) is 8.57. The van der Waals surface area contributed by atoms with Crippen LogP contribution < -0.4 is 5.32 Å². The summed E-state index contributed by atoms with van der Waals surface area (Å²) >= 11 is 0. The zero-order chi connectivity index (χ0) is 26.4. The van der Waals surface area contributed by atoms with Crippen LogP contribution >= 0.6 is 0 Å². The van der Waals surface area contributed by atoms with Crippen molar-refractivity contribution in [1.29, 1.82) is 0 Å². The SMILES string of the molecule is COCCC1(OC)CCCC[C@@H]1n1cnc(C(=O)N2CCNC[C@H]2Cc2ccccc2)c1-c1ccccc1. The fraction of sp³-hybridized carbons (Fsp3) is 0.484. The van der Waals surface area contributed by atoms with Crippen LogP contribution in [0.2, 0.25) is 0 Å². The average Bonchev–Trinajstić information content (AvgIpc) is 3.42. The number of imidazole rings is 1. The molecule has 1 aromatic heterocycles. The Balaban J connectivity index is 1.54. The van der Waals surface area contributed by atoms with Gasteiger partial charge >= 0.3 is 0 Å². The molecule has 1 unspecified atom stereocenters. The van der Waals surface area contributed by atoms with Crippen molar-refractivity contribution in [2.45, 2.75) is 56.2 Å². The molecule has 7 nitrogen and oxygen atoms in total. The summed E-state index contributed by atoms with van der Waals surface area (Å²) in [6.45, 7) is 2.85. The summed E-state index contributed by atoms with van der Waals surface area (Å²) in [6.07, 6.45) is 7.67. The van der Waals surface area contributed by atoms with Gasteiger partial charge in [0.05, 0.1) is 23.7 Å². The maximum absolute atomic E-state index is 14.3. The normalized spacial score (nSPS) is 23.9. The third-order valence-electron chi connectivity index (χ3n) is 8.38. The van der Waals surface area contributed by atoms with Crippen molar-refractivity contribution in [2.75, 3.05) is 40.5 Å². The highest BCUT2D eigenvalue weighted by atomic mass is 16.5. The molecule has 2 aromatic carbocycles. The second kappa shape index (κ2) is 12.2. The highest BCUT2D eigenvalue weighted by Crippen LogP contribution is 2.44. The number of methoxy groups -OCH3 is 2. The van der Waals surface area contributed by atoms with Crippen molar-refractivity contribution < 1.29 is 14.3 Å². The standard InChI is InChI=1S/C31H40N4O3/c1-37-20-17-31(38-2)16-10-9-15-27(31)35-23-33-28(29(35)25-13-7-4-8-14-25)30(36)34-19-18-32-22-26(34)21-24-11-5-3-6-12-24/h3-8,11-14,23,26-27,32H,9-10,15-22H2,1-2H3/t26-,27+,31?/m1/s1. The monoisotopic (exact) mass is 516 g/mol. The van der Waals surface area contributed by atoms with E-state index in [9.17, 15) is 4.79 Å². The molecule has 38 heavy (non-hydrogen) atoms. The quantitative estimate of drug-likeness (QED) is 0.445. The van der Waals surface area contributed by atoms with Gasteiger partial charge in [0, 0.05) is 58.5 Å². The Morgan fingerprint density at radius 1 is 1.08 bits per heavy atom. The van der Waals surface area contributed by atoms with Gasteiger partial charge in [0.15, 0.2) is 5.69 Å². The molecule has 2 aliphatic rings. The fourth-order valence-corrected chi connectivity index (χ4v) is 6.36. The first-order valence-electron chi connectivity index (χ1n) is 13.9. The number of amides is 1. The number of carbonyl (C=O) groups is 1. The van der Waals surface area contributed by atoms with Crippen molar-refractivity contribution in [1.82, 2.24) is 19.8 Å². The molecule has 1 saturated carbocycles. The molecule has 7 heteroatoms. The Bertz CT molecular complexity index is 1180. The van der Waals surface area contributed by atoms with Crippen LogP contribution in [-0.4, -0.2) is 72.5 Å². The fourth-order valence-electron chi connectivity index (χ4n) is 6.36. The second-order valence-corrected chi connectivity index (χ2v) is 10.5. The first-order chi connectivity index (χ1) is 18.7. The summed E-state index contributed by atoms with van der Waals surface area (Å²) in [5.41, 5.74) is 3.30. The molecule has 3 atom stereocenters. The summed E-state index contributed by atoms with van der Waals surface area (Å²) in [4.78, 5) is 21.1. The first kappa shape index (κ1) is 26.6. The molecule has 3 aromatic rings. The number of nitrogens with one attached hydrogen (secondary N) is 1. The molecular formula is C31H40N4O3. The predicted octanol–water partition coefficient (Wildman–Crippen LogP) is 4.74. The predicted molar refractivity (Wildman–Crippen MR) is 149 cm³/mol. The Labute approximate surface area is 226 Å². The average molecular weight is 517 g/mol. The van der Waals surface area contributed by atoms with Gasteiger partial charge in [-0.25, -0.2) is 4.98 Å². The number of ether oxygens (including phenoxy) is 2. The summed E-state index contributed by atoms with van der Waals surface area (Å²) < 4.78 is 14.0. The zero-order valence-electron chi connectivity index (χ0n) is 22.6. The van der Waals surface area contributed by atoms with Crippen LogP contribution in [-0.2, 0) is 15.9 Å². The highest BCUT2D eigenvalue weighted by molar-refractivity contribution is 5.98. The molecule has 5 rings (SSSR count). The maximum Gasteiger partial charge on any atom is 0.275 e. The largest absolute Gasteiger partial charge is 0.385 e. The van der Waals surface area contributed by atoms with Gasteiger partial charge in [0.1, 0.15) is 0 Å². The zero-order valence-corrected chi connectivity index (χ0v) is 22.6. The molecule has 1 N–H and O–H groups in total. The molecule has 1 aliphatic heterocycles. The molecule has 0 spiro atoms. The van der Waals surface area contributed by atoms with Gasteiger partial charge in [-0.2, -0.15) is 0 Å². The first-order valence-corrected chi connectivity index (χ1v) is 13.9. The minimum atomic E-state index is -0.357. The summed E-state index contributed by atoms with van der Waals surface area (Å²) in [5.74, 6) is 0.000696. The molecular weight excluding hydrogens is 476 g/mol. The third kappa shape index (κ3) is 5.41. The molecule has 1 amide bonds. The van der Waals surface area contributed by atoms with Crippen LogP contribution in [0.4, 0.5) is 0 Å². The van der Waals surface area contributed by atoms with E-state index >= 15 is 0 Å². The summed E-state index contributed by atoms with van der Waals surface area (Å²) in [7, 11) is 3.55. The molecule has 0 bridgehead atoms. The van der Waals surface area contributed by atoms with Crippen LogP contribution in [0.3, 0.4) is 0 Å². The number of rotatable bonds is 9. The van der Waals surface area contributed by atoms with Crippen molar-refractivity contribution in [3.8, 4) is 11.3 Å². The maximum atomic E-state index is 14.3. The van der Waals surface area contributed by atoms with Crippen LogP contribution in [0.25, 0.3) is 11.3 Å². The van der Waals surface area contributed by atoms with Crippen molar-refractivity contribution >= 4 is 5.91 Å². The lowest BCUT2D eigenvalue weighted by atomic mass is 9.77. The Hall–Kier alpha value is -3.00. The molecule has 0 radical (unpaired) electrons. The lowest BCUT2D eigenvalue weighted by Gasteiger charge is -2.44. The van der Waals surface area contributed by atoms with E-state index in [-0.39, 0.29) is 23.6 Å². The van der Waals surface area contributed by atoms with E-state index < -0.39 is 0 Å². The van der Waals surface area contributed by atoms with Crippen LogP contribution in [0.5, 0.6) is 0 Å². The van der Waals surface area contributed by atoms with Gasteiger partial charge in [-0.15, -0.1) is 0 Å². The van der Waals surface area contributed by atoms with E-state index in [0.29, 0.717) is 18.8 Å². The van der Waals surface area contributed by atoms with E-state index in [0.717, 1.165) is 62.9 Å². The Morgan fingerprint density at radius 2 is 1.84 bits per heavy atom. The van der Waals surface area contributed by atoms with Gasteiger partial charge in [0.2, 0.25) is 0 Å². The highest BCUT2D eigenvalue weighted by Gasteiger charge is 2.43. The van der Waals surface area contributed by atoms with E-state index in [2.05, 4.69) is 46.3 Å². The smallest absolute Gasteiger partial charge is 0.275 e. The van der Waals surface area contributed by atoms with Crippen molar-refractivity contribution in [3.05, 3.63) is 78.2 Å². The van der Waals surface area contributed by atoms with Crippen LogP contribution in [0, 0.1) is 0 Å². The molecule has 2 fully saturated rings. The second-order valence-electron chi connectivity index (χ2n) is 10.5. The molecule has 1 aliphatic carbocycles. The van der Waals surface area contributed by atoms with Gasteiger partial charge < -0.3 is 24.3 Å². The molecule has 202 valence electrons. The van der Waals surface area contributed by atoms with Gasteiger partial charge in [-0.3, -0.25) is 4.79 Å². The van der Waals surface area contributed by atoms with Gasteiger partial charge in [0.25, 0.3) is 5.91 Å². The van der Waals surface area contributed by atoms with Crippen molar-refractivity contribution in [3.63, 3.8) is 0 Å². The number of nitrogens with zero attached hydrogens (tertiary/aromatic N) is 3. The van der Waals surface area contributed by atoms with Crippen LogP contribution in [0.1, 0.15) is 54.2 Å². The number of hydrogen-bond acceptors (Lipinski definition) is 5. The third-order valence-corrected chi connectivity index (χ3v) is 8.38. The minimum absolute atomic E-state index is 0.000696. The number of aromatic nitrogens is 2. The van der Waals surface area contributed by atoms with E-state index in [4.69, 9.17) is 14.5 Å². The topological polar surface area (TPSA) is 68.6 Å². The van der Waals surface area contributed by atoms with E-state index in [1.807, 2.05) is 42.6 Å². The van der Waals surface area contributed by atoms with E-state index in [1.54, 1.807) is 7.11 Å². The molecule has 1 saturated heterocycles. The number of piperazine rings is 1. The van der Waals surface area contributed by atoms with E-state index in [1.165, 1.54) is 5.56 Å².